The van der Waals surface area contributed by atoms with Crippen LogP contribution >= 0.6 is 0 Å². The van der Waals surface area contributed by atoms with Gasteiger partial charge in [0.25, 0.3) is 0 Å². The molecule has 2 aromatic heterocycles. The first kappa shape index (κ1) is 19.6. The van der Waals surface area contributed by atoms with Crippen molar-refractivity contribution >= 4 is 15.8 Å². The van der Waals surface area contributed by atoms with Crippen molar-refractivity contribution in [2.75, 3.05) is 25.4 Å². The molecule has 152 valence electrons. The molecule has 9 heteroatoms. The van der Waals surface area contributed by atoms with Crippen LogP contribution in [0.4, 0.5) is 5.82 Å². The third-order valence-corrected chi connectivity index (χ3v) is 7.07. The largest absolute Gasteiger partial charge is 0.396 e. The molecule has 0 bridgehead atoms. The number of anilines is 1. The summed E-state index contributed by atoms with van der Waals surface area (Å²) in [5, 5.41) is 16.3. The maximum atomic E-state index is 12.9. The summed E-state index contributed by atoms with van der Waals surface area (Å²) in [5.74, 6) is 0.369. The first-order valence-electron chi connectivity index (χ1n) is 9.29. The highest BCUT2D eigenvalue weighted by Gasteiger charge is 2.36. The Morgan fingerprint density at radius 1 is 1.21 bits per heavy atom. The molecule has 3 heterocycles. The molecule has 1 aliphatic heterocycles. The lowest BCUT2D eigenvalue weighted by atomic mass is 10.00. The molecule has 1 aromatic carbocycles. The normalized spacial score (nSPS) is 15.4. The number of pyridine rings is 1. The molecule has 29 heavy (non-hydrogen) atoms. The second-order valence-electron chi connectivity index (χ2n) is 7.44. The first-order valence-corrected chi connectivity index (χ1v) is 10.7. The van der Waals surface area contributed by atoms with Gasteiger partial charge in [-0.15, -0.1) is 0 Å². The molecule has 1 fully saturated rings. The van der Waals surface area contributed by atoms with Gasteiger partial charge in [-0.2, -0.15) is 9.40 Å². The fourth-order valence-electron chi connectivity index (χ4n) is 3.44. The van der Waals surface area contributed by atoms with E-state index in [9.17, 15) is 8.42 Å². The van der Waals surface area contributed by atoms with E-state index in [1.165, 1.54) is 4.31 Å². The highest BCUT2D eigenvalue weighted by atomic mass is 32.2. The van der Waals surface area contributed by atoms with Gasteiger partial charge in [-0.1, -0.05) is 6.07 Å². The monoisotopic (exact) mass is 413 g/mol. The minimum absolute atomic E-state index is 0.00227. The van der Waals surface area contributed by atoms with Crippen molar-refractivity contribution in [1.29, 1.82) is 0 Å². The van der Waals surface area contributed by atoms with E-state index in [-0.39, 0.29) is 17.4 Å². The Kier molecular flexibility index (Phi) is 4.89. The summed E-state index contributed by atoms with van der Waals surface area (Å²) < 4.78 is 27.2. The van der Waals surface area contributed by atoms with Crippen molar-refractivity contribution in [2.24, 2.45) is 5.92 Å². The van der Waals surface area contributed by atoms with Crippen molar-refractivity contribution in [3.8, 4) is 22.4 Å². The zero-order valence-electron chi connectivity index (χ0n) is 16.3. The summed E-state index contributed by atoms with van der Waals surface area (Å²) >= 11 is 0. The van der Waals surface area contributed by atoms with Crippen LogP contribution in [0.25, 0.3) is 22.4 Å². The minimum Gasteiger partial charge on any atom is -0.396 e. The van der Waals surface area contributed by atoms with Gasteiger partial charge < -0.3 is 10.8 Å². The average Bonchev–Trinajstić information content (AvgIpc) is 3.07. The van der Waals surface area contributed by atoms with E-state index >= 15 is 0 Å². The fraction of sp³-hybridized carbons (Fsp3) is 0.300. The van der Waals surface area contributed by atoms with Gasteiger partial charge in [0, 0.05) is 48.6 Å². The number of H-pyrrole nitrogens is 1. The van der Waals surface area contributed by atoms with Crippen molar-refractivity contribution in [2.45, 2.75) is 18.7 Å². The number of aromatic nitrogens is 3. The number of nitrogens with zero attached hydrogens (tertiary/aromatic N) is 3. The van der Waals surface area contributed by atoms with E-state index in [4.69, 9.17) is 10.8 Å². The zero-order chi connectivity index (χ0) is 20.8. The predicted octanol–water partition coefficient (Wildman–Crippen LogP) is 1.95. The summed E-state index contributed by atoms with van der Waals surface area (Å²) in [6.07, 6.45) is 1.64. The minimum atomic E-state index is -3.60. The maximum Gasteiger partial charge on any atom is 0.243 e. The third-order valence-electron chi connectivity index (χ3n) is 5.24. The highest BCUT2D eigenvalue weighted by molar-refractivity contribution is 7.89. The van der Waals surface area contributed by atoms with E-state index in [0.717, 1.165) is 22.4 Å². The standard InChI is InChI=1S/C20H23N5O3S/c1-12-3-4-16(29(27,28)25-9-14(10-25)11-26)7-17(12)15-6-18(20(21)22-8-15)19-5-13(2)23-24-19/h3-8,14,26H,9-11H2,1-2H3,(H2,21,22)(H,23,24). The van der Waals surface area contributed by atoms with E-state index in [0.29, 0.717) is 30.2 Å². The van der Waals surface area contributed by atoms with E-state index in [1.807, 2.05) is 26.0 Å². The average molecular weight is 414 g/mol. The molecule has 0 unspecified atom stereocenters. The van der Waals surface area contributed by atoms with Crippen LogP contribution in [0.2, 0.25) is 0 Å². The lowest BCUT2D eigenvalue weighted by Gasteiger charge is -2.37. The number of rotatable bonds is 5. The Morgan fingerprint density at radius 3 is 2.62 bits per heavy atom. The van der Waals surface area contributed by atoms with Crippen LogP contribution < -0.4 is 5.73 Å². The van der Waals surface area contributed by atoms with Crippen LogP contribution in [-0.4, -0.2) is 52.7 Å². The van der Waals surface area contributed by atoms with E-state index in [2.05, 4.69) is 15.2 Å². The second kappa shape index (κ2) is 7.25. The summed E-state index contributed by atoms with van der Waals surface area (Å²) in [6, 6.07) is 8.83. The van der Waals surface area contributed by atoms with Gasteiger partial charge in [-0.25, -0.2) is 13.4 Å². The molecule has 1 saturated heterocycles. The highest BCUT2D eigenvalue weighted by Crippen LogP contribution is 2.33. The smallest absolute Gasteiger partial charge is 0.243 e. The number of hydrogen-bond donors (Lipinski definition) is 3. The van der Waals surface area contributed by atoms with Crippen molar-refractivity contribution in [3.63, 3.8) is 0 Å². The molecule has 4 rings (SSSR count). The number of benzene rings is 1. The number of sulfonamides is 1. The molecule has 0 aliphatic carbocycles. The molecular weight excluding hydrogens is 390 g/mol. The number of aryl methyl sites for hydroxylation is 2. The molecule has 0 spiro atoms. The second-order valence-corrected chi connectivity index (χ2v) is 9.38. The van der Waals surface area contributed by atoms with E-state index < -0.39 is 10.0 Å². The predicted molar refractivity (Wildman–Crippen MR) is 110 cm³/mol. The fourth-order valence-corrected chi connectivity index (χ4v) is 5.06. The van der Waals surface area contributed by atoms with Gasteiger partial charge in [0.2, 0.25) is 10.0 Å². The molecule has 0 atom stereocenters. The Balaban J connectivity index is 1.74. The molecule has 1 aliphatic rings. The molecule has 3 aromatic rings. The van der Waals surface area contributed by atoms with Gasteiger partial charge in [-0.3, -0.25) is 5.10 Å². The van der Waals surface area contributed by atoms with Gasteiger partial charge in [0.05, 0.1) is 10.6 Å². The van der Waals surface area contributed by atoms with Crippen molar-refractivity contribution in [3.05, 3.63) is 47.8 Å². The summed E-state index contributed by atoms with van der Waals surface area (Å²) in [7, 11) is -3.60. The van der Waals surface area contributed by atoms with Crippen molar-refractivity contribution in [1.82, 2.24) is 19.5 Å². The summed E-state index contributed by atoms with van der Waals surface area (Å²) in [5.41, 5.74) is 10.8. The lowest BCUT2D eigenvalue weighted by Crippen LogP contribution is -2.51. The molecule has 0 radical (unpaired) electrons. The number of aromatic amines is 1. The summed E-state index contributed by atoms with van der Waals surface area (Å²) in [6.45, 7) is 4.51. The van der Waals surface area contributed by atoms with Crippen LogP contribution in [0.1, 0.15) is 11.3 Å². The molecular formula is C20H23N5O3S. The lowest BCUT2D eigenvalue weighted by molar-refractivity contribution is 0.117. The SMILES string of the molecule is Cc1cc(-c2cc(-c3cc(S(=O)(=O)N4CC(CO)C4)ccc3C)cnc2N)n[nH]1. The Hall–Kier alpha value is -2.75. The van der Waals surface area contributed by atoms with Gasteiger partial charge in [0.1, 0.15) is 5.82 Å². The Labute approximate surface area is 169 Å². The quantitative estimate of drug-likeness (QED) is 0.587. The van der Waals surface area contributed by atoms with Crippen LogP contribution in [-0.2, 0) is 10.0 Å². The molecule has 4 N–H and O–H groups in total. The number of aliphatic hydroxyl groups excluding tert-OH is 1. The third kappa shape index (κ3) is 3.52. The van der Waals surface area contributed by atoms with Crippen molar-refractivity contribution < 1.29 is 13.5 Å². The van der Waals surface area contributed by atoms with Gasteiger partial charge in [-0.05, 0) is 49.2 Å². The van der Waals surface area contributed by atoms with Crippen LogP contribution in [0, 0.1) is 19.8 Å². The first-order chi connectivity index (χ1) is 13.8. The number of hydrogen-bond acceptors (Lipinski definition) is 6. The number of nitrogens with two attached hydrogens (primary N) is 1. The topological polar surface area (TPSA) is 125 Å². The number of nitrogens with one attached hydrogen (secondary N) is 1. The number of nitrogen functional groups attached to an aromatic ring is 1. The van der Waals surface area contributed by atoms with Crippen LogP contribution in [0.15, 0.2) is 41.4 Å². The van der Waals surface area contributed by atoms with Crippen LogP contribution in [0.3, 0.4) is 0 Å². The maximum absolute atomic E-state index is 12.9. The zero-order valence-corrected chi connectivity index (χ0v) is 17.1. The van der Waals surface area contributed by atoms with E-state index in [1.54, 1.807) is 24.4 Å². The Morgan fingerprint density at radius 2 is 1.97 bits per heavy atom. The van der Waals surface area contributed by atoms with Gasteiger partial charge in [0.15, 0.2) is 0 Å². The van der Waals surface area contributed by atoms with Gasteiger partial charge >= 0.3 is 0 Å². The molecule has 0 amide bonds. The number of aliphatic hydroxyl groups is 1. The van der Waals surface area contributed by atoms with Crippen LogP contribution in [0.5, 0.6) is 0 Å². The molecule has 8 nitrogen and oxygen atoms in total. The Bertz CT molecular complexity index is 1170. The molecule has 0 saturated carbocycles. The summed E-state index contributed by atoms with van der Waals surface area (Å²) in [4.78, 5) is 4.52.